The van der Waals surface area contributed by atoms with Gasteiger partial charge >= 0.3 is 0 Å². The molecule has 2 aromatic heterocycles. The molecule has 4 aromatic rings. The highest BCUT2D eigenvalue weighted by molar-refractivity contribution is 5.97. The molecule has 5 heteroatoms. The predicted molar refractivity (Wildman–Crippen MR) is 94.1 cm³/mol. The van der Waals surface area contributed by atoms with Crippen molar-refractivity contribution in [3.63, 3.8) is 0 Å². The van der Waals surface area contributed by atoms with Crippen molar-refractivity contribution in [1.29, 1.82) is 0 Å². The van der Waals surface area contributed by atoms with Gasteiger partial charge in [-0.05, 0) is 43.2 Å². The van der Waals surface area contributed by atoms with E-state index in [-0.39, 0.29) is 12.3 Å². The maximum absolute atomic E-state index is 12.4. The van der Waals surface area contributed by atoms with Crippen LogP contribution in [0.1, 0.15) is 16.7 Å². The maximum atomic E-state index is 12.4. The van der Waals surface area contributed by atoms with E-state index in [1.807, 2.05) is 31.2 Å². The molecule has 0 bridgehead atoms. The number of carbonyl (C=O) groups is 1. The number of furan rings is 1. The molecule has 0 saturated carbocycles. The lowest BCUT2D eigenvalue weighted by molar-refractivity contribution is -0.115. The minimum atomic E-state index is -0.0706. The minimum Gasteiger partial charge on any atom is -0.464 e. The Bertz CT molecular complexity index is 1060. The molecule has 0 radical (unpaired) electrons. The summed E-state index contributed by atoms with van der Waals surface area (Å²) in [6.45, 7) is 4.08. The summed E-state index contributed by atoms with van der Waals surface area (Å²) in [5.74, 6) is -0.0706. The Morgan fingerprint density at radius 1 is 1.25 bits per heavy atom. The van der Waals surface area contributed by atoms with E-state index in [4.69, 9.17) is 4.42 Å². The number of rotatable bonds is 3. The molecule has 2 aromatic carbocycles. The molecule has 5 nitrogen and oxygen atoms in total. The van der Waals surface area contributed by atoms with E-state index in [0.29, 0.717) is 0 Å². The van der Waals surface area contributed by atoms with E-state index in [2.05, 4.69) is 28.5 Å². The molecular formula is C19H17N3O2. The number of nitrogens with one attached hydrogen (secondary N) is 2. The van der Waals surface area contributed by atoms with Crippen molar-refractivity contribution >= 4 is 33.5 Å². The molecule has 1 amide bonds. The number of H-pyrrole nitrogens is 1. The minimum absolute atomic E-state index is 0.0706. The molecule has 0 aliphatic rings. The quantitative estimate of drug-likeness (QED) is 0.597. The van der Waals surface area contributed by atoms with E-state index in [9.17, 15) is 4.79 Å². The third-order valence-electron chi connectivity index (χ3n) is 4.42. The molecule has 0 spiro atoms. The van der Waals surface area contributed by atoms with Crippen molar-refractivity contribution in [1.82, 2.24) is 10.2 Å². The van der Waals surface area contributed by atoms with Crippen molar-refractivity contribution in [2.45, 2.75) is 20.3 Å². The molecule has 0 atom stereocenters. The number of aromatic nitrogens is 2. The van der Waals surface area contributed by atoms with Crippen molar-refractivity contribution in [2.24, 2.45) is 0 Å². The molecule has 0 aliphatic heterocycles. The smallest absolute Gasteiger partial charge is 0.228 e. The Kier molecular flexibility index (Phi) is 3.34. The van der Waals surface area contributed by atoms with Gasteiger partial charge < -0.3 is 9.73 Å². The van der Waals surface area contributed by atoms with E-state index in [1.54, 1.807) is 12.5 Å². The van der Waals surface area contributed by atoms with Gasteiger partial charge in [0.25, 0.3) is 0 Å². The van der Waals surface area contributed by atoms with Gasteiger partial charge in [0, 0.05) is 22.0 Å². The largest absolute Gasteiger partial charge is 0.464 e. The highest BCUT2D eigenvalue weighted by Gasteiger charge is 2.13. The summed E-state index contributed by atoms with van der Waals surface area (Å²) in [5.41, 5.74) is 5.76. The van der Waals surface area contributed by atoms with Crippen LogP contribution in [0.5, 0.6) is 0 Å². The van der Waals surface area contributed by atoms with E-state index in [1.165, 1.54) is 5.56 Å². The first-order chi connectivity index (χ1) is 11.6. The molecule has 0 unspecified atom stereocenters. The molecule has 4 rings (SSSR count). The summed E-state index contributed by atoms with van der Waals surface area (Å²) in [6.07, 6.45) is 3.69. The van der Waals surface area contributed by atoms with Gasteiger partial charge in [0.15, 0.2) is 0 Å². The summed E-state index contributed by atoms with van der Waals surface area (Å²) in [6, 6.07) is 9.73. The summed E-state index contributed by atoms with van der Waals surface area (Å²) in [7, 11) is 0. The lowest BCUT2D eigenvalue weighted by atomic mass is 10.0. The first-order valence-electron chi connectivity index (χ1n) is 7.81. The number of carbonyl (C=O) groups excluding carboxylic acids is 1. The third-order valence-corrected chi connectivity index (χ3v) is 4.42. The number of anilines is 1. The number of benzene rings is 2. The molecular weight excluding hydrogens is 302 g/mol. The Morgan fingerprint density at radius 3 is 3.00 bits per heavy atom. The van der Waals surface area contributed by atoms with Crippen LogP contribution < -0.4 is 5.32 Å². The van der Waals surface area contributed by atoms with Crippen LogP contribution >= 0.6 is 0 Å². The highest BCUT2D eigenvalue weighted by atomic mass is 16.3. The Hall–Kier alpha value is -3.08. The second-order valence-electron chi connectivity index (χ2n) is 6.04. The summed E-state index contributed by atoms with van der Waals surface area (Å²) >= 11 is 0. The van der Waals surface area contributed by atoms with Gasteiger partial charge in [0.2, 0.25) is 5.91 Å². The Labute approximate surface area is 138 Å². The SMILES string of the molecule is Cc1ccc2c(CC(=O)Nc3ccc4[nH]ncc4c3)coc2c1C. The lowest BCUT2D eigenvalue weighted by Crippen LogP contribution is -2.14. The van der Waals surface area contributed by atoms with Gasteiger partial charge in [-0.15, -0.1) is 0 Å². The van der Waals surface area contributed by atoms with Crippen LogP contribution in [-0.2, 0) is 11.2 Å². The maximum Gasteiger partial charge on any atom is 0.228 e. The average molecular weight is 319 g/mol. The van der Waals surface area contributed by atoms with Crippen LogP contribution in [0.25, 0.3) is 21.9 Å². The van der Waals surface area contributed by atoms with Crippen LogP contribution in [0, 0.1) is 13.8 Å². The van der Waals surface area contributed by atoms with Gasteiger partial charge in [-0.25, -0.2) is 0 Å². The monoisotopic (exact) mass is 319 g/mol. The van der Waals surface area contributed by atoms with Crippen LogP contribution in [-0.4, -0.2) is 16.1 Å². The molecule has 0 fully saturated rings. The van der Waals surface area contributed by atoms with Crippen molar-refractivity contribution in [3.8, 4) is 0 Å². The zero-order chi connectivity index (χ0) is 16.7. The Balaban J connectivity index is 1.56. The molecule has 2 heterocycles. The first kappa shape index (κ1) is 14.5. The van der Waals surface area contributed by atoms with E-state index in [0.717, 1.165) is 38.7 Å². The molecule has 24 heavy (non-hydrogen) atoms. The van der Waals surface area contributed by atoms with Crippen molar-refractivity contribution in [2.75, 3.05) is 5.32 Å². The second kappa shape index (κ2) is 5.53. The highest BCUT2D eigenvalue weighted by Crippen LogP contribution is 2.27. The topological polar surface area (TPSA) is 70.9 Å². The molecule has 0 aliphatic carbocycles. The van der Waals surface area contributed by atoms with Gasteiger partial charge in [-0.3, -0.25) is 9.89 Å². The number of fused-ring (bicyclic) bond motifs is 2. The normalized spacial score (nSPS) is 11.2. The van der Waals surface area contributed by atoms with Crippen LogP contribution in [0.4, 0.5) is 5.69 Å². The van der Waals surface area contributed by atoms with Gasteiger partial charge in [-0.2, -0.15) is 5.10 Å². The number of aryl methyl sites for hydroxylation is 2. The van der Waals surface area contributed by atoms with Gasteiger partial charge in [0.05, 0.1) is 24.4 Å². The average Bonchev–Trinajstić information content (AvgIpc) is 3.18. The molecule has 2 N–H and O–H groups in total. The third kappa shape index (κ3) is 2.44. The van der Waals surface area contributed by atoms with E-state index < -0.39 is 0 Å². The molecule has 0 saturated heterocycles. The van der Waals surface area contributed by atoms with Gasteiger partial charge in [-0.1, -0.05) is 12.1 Å². The zero-order valence-corrected chi connectivity index (χ0v) is 13.5. The summed E-state index contributed by atoms with van der Waals surface area (Å²) in [5, 5.41) is 11.8. The standard InChI is InChI=1S/C19H17N3O2/c1-11-3-5-16-14(10-24-19(16)12(11)2)8-18(23)21-15-4-6-17-13(7-15)9-20-22-17/h3-7,9-10H,8H2,1-2H3,(H,20,22)(H,21,23). The lowest BCUT2D eigenvalue weighted by Gasteiger charge is -2.05. The fraction of sp³-hybridized carbons (Fsp3) is 0.158. The van der Waals surface area contributed by atoms with Gasteiger partial charge in [0.1, 0.15) is 5.58 Å². The molecule has 120 valence electrons. The fourth-order valence-corrected chi connectivity index (χ4v) is 2.92. The fourth-order valence-electron chi connectivity index (χ4n) is 2.92. The number of nitrogens with zero attached hydrogens (tertiary/aromatic N) is 1. The zero-order valence-electron chi connectivity index (χ0n) is 13.5. The number of hydrogen-bond donors (Lipinski definition) is 2. The van der Waals surface area contributed by atoms with Crippen LogP contribution in [0.15, 0.2) is 47.2 Å². The number of hydrogen-bond acceptors (Lipinski definition) is 3. The van der Waals surface area contributed by atoms with E-state index >= 15 is 0 Å². The summed E-state index contributed by atoms with van der Waals surface area (Å²) < 4.78 is 5.67. The van der Waals surface area contributed by atoms with Crippen LogP contribution in [0.3, 0.4) is 0 Å². The van der Waals surface area contributed by atoms with Crippen LogP contribution in [0.2, 0.25) is 0 Å². The van der Waals surface area contributed by atoms with Crippen molar-refractivity contribution in [3.05, 3.63) is 59.5 Å². The second-order valence-corrected chi connectivity index (χ2v) is 6.04. The number of amides is 1. The predicted octanol–water partition coefficient (Wildman–Crippen LogP) is 4.11. The Morgan fingerprint density at radius 2 is 2.12 bits per heavy atom. The first-order valence-corrected chi connectivity index (χ1v) is 7.81. The van der Waals surface area contributed by atoms with Crippen molar-refractivity contribution < 1.29 is 9.21 Å². The summed E-state index contributed by atoms with van der Waals surface area (Å²) in [4.78, 5) is 12.4. The number of aromatic amines is 1.